The average Bonchev–Trinajstić information content (AvgIpc) is 3.34. The summed E-state index contributed by atoms with van der Waals surface area (Å²) in [6.07, 6.45) is 0. The van der Waals surface area contributed by atoms with Gasteiger partial charge in [0.2, 0.25) is 0 Å². The number of para-hydroxylation sites is 3. The van der Waals surface area contributed by atoms with Gasteiger partial charge in [-0.25, -0.2) is 14.7 Å². The molecule has 0 saturated heterocycles. The summed E-state index contributed by atoms with van der Waals surface area (Å²) in [5.41, 5.74) is 6.14. The van der Waals surface area contributed by atoms with E-state index < -0.39 is 0 Å². The number of hydrogen-bond acceptors (Lipinski definition) is 7. The molecule has 1 aromatic heterocycles. The number of rotatable bonds is 4. The molecule has 8 nitrogen and oxygen atoms in total. The van der Waals surface area contributed by atoms with Gasteiger partial charge in [-0.2, -0.15) is 5.10 Å². The molecule has 2 aliphatic rings. The number of amidine groups is 2. The fourth-order valence-corrected chi connectivity index (χ4v) is 5.52. The zero-order chi connectivity index (χ0) is 28.1. The number of hydrogen-bond donors (Lipinski definition) is 2. The highest BCUT2D eigenvalue weighted by atomic mass is 35.5. The summed E-state index contributed by atoms with van der Waals surface area (Å²) in [5, 5.41) is 19.5. The summed E-state index contributed by atoms with van der Waals surface area (Å²) < 4.78 is 7.39. The molecular weight excluding hydrogens is 536 g/mol. The van der Waals surface area contributed by atoms with Crippen molar-refractivity contribution in [1.82, 2.24) is 9.78 Å². The summed E-state index contributed by atoms with van der Waals surface area (Å²) in [4.78, 5) is 12.4. The molecule has 0 aliphatic carbocycles. The smallest absolute Gasteiger partial charge is 0.179 e. The van der Waals surface area contributed by atoms with Gasteiger partial charge in [0.25, 0.3) is 0 Å². The number of methoxy groups -OCH3 is 1. The highest BCUT2D eigenvalue weighted by Crippen LogP contribution is 2.49. The van der Waals surface area contributed by atoms with Crippen molar-refractivity contribution in [2.24, 2.45) is 9.98 Å². The Balaban J connectivity index is 1.50. The molecule has 0 saturated carbocycles. The zero-order valence-corrected chi connectivity index (χ0v) is 23.0. The minimum atomic E-state index is -0.344. The lowest BCUT2D eigenvalue weighted by Gasteiger charge is -2.40. The number of anilines is 2. The van der Waals surface area contributed by atoms with E-state index in [9.17, 15) is 5.11 Å². The largest absolute Gasteiger partial charge is 0.504 e. The minimum absolute atomic E-state index is 0.0728. The summed E-state index contributed by atoms with van der Waals surface area (Å²) in [6, 6.07) is 30.5. The number of nitrogens with zero attached hydrogens (tertiary/aromatic N) is 5. The molecule has 1 atom stereocenters. The molecule has 4 aromatic carbocycles. The Morgan fingerprint density at radius 1 is 0.902 bits per heavy atom. The van der Waals surface area contributed by atoms with Crippen molar-refractivity contribution < 1.29 is 9.84 Å². The number of aromatic nitrogens is 2. The predicted octanol–water partition coefficient (Wildman–Crippen LogP) is 7.34. The second-order valence-corrected chi connectivity index (χ2v) is 10.2. The summed E-state index contributed by atoms with van der Waals surface area (Å²) >= 11 is 6.16. The molecule has 2 aliphatic heterocycles. The molecule has 0 unspecified atom stereocenters. The number of fused-ring (bicyclic) bond motifs is 4. The van der Waals surface area contributed by atoms with Crippen LogP contribution in [0.3, 0.4) is 0 Å². The first-order valence-electron chi connectivity index (χ1n) is 13.1. The van der Waals surface area contributed by atoms with E-state index in [0.29, 0.717) is 28.3 Å². The molecule has 0 spiro atoms. The lowest BCUT2D eigenvalue weighted by atomic mass is 9.93. The molecule has 3 heterocycles. The Morgan fingerprint density at radius 2 is 1.66 bits per heavy atom. The lowest BCUT2D eigenvalue weighted by Crippen LogP contribution is -2.46. The lowest BCUT2D eigenvalue weighted by molar-refractivity contribution is 0.372. The molecule has 0 amide bonds. The number of aromatic hydroxyl groups is 1. The number of ether oxygens (including phenoxy) is 1. The van der Waals surface area contributed by atoms with Crippen molar-refractivity contribution in [3.63, 3.8) is 0 Å². The van der Waals surface area contributed by atoms with Gasteiger partial charge in [-0.15, -0.1) is 0 Å². The third kappa shape index (κ3) is 4.20. The van der Waals surface area contributed by atoms with Gasteiger partial charge in [0.15, 0.2) is 29.0 Å². The Bertz CT molecular complexity index is 1850. The topological polar surface area (TPSA) is 87.3 Å². The van der Waals surface area contributed by atoms with E-state index in [1.807, 2.05) is 103 Å². The Kier molecular flexibility index (Phi) is 5.98. The van der Waals surface area contributed by atoms with Gasteiger partial charge in [-0.3, -0.25) is 0 Å². The number of phenolic OH excluding ortho intramolecular Hbond substituents is 1. The van der Waals surface area contributed by atoms with Crippen molar-refractivity contribution in [3.8, 4) is 17.2 Å². The first-order chi connectivity index (χ1) is 20.0. The maximum absolute atomic E-state index is 10.4. The van der Waals surface area contributed by atoms with E-state index in [0.717, 1.165) is 39.6 Å². The fraction of sp³-hybridized carbons (Fsp3) is 0.0938. The third-order valence-corrected chi connectivity index (χ3v) is 7.52. The van der Waals surface area contributed by atoms with Crippen molar-refractivity contribution in [2.45, 2.75) is 13.0 Å². The van der Waals surface area contributed by atoms with Crippen LogP contribution in [0.25, 0.3) is 5.69 Å². The molecule has 0 radical (unpaired) electrons. The van der Waals surface area contributed by atoms with E-state index in [2.05, 4.69) is 10.2 Å². The van der Waals surface area contributed by atoms with Gasteiger partial charge >= 0.3 is 0 Å². The van der Waals surface area contributed by atoms with Gasteiger partial charge in [-0.1, -0.05) is 48.0 Å². The van der Waals surface area contributed by atoms with Gasteiger partial charge in [0, 0.05) is 16.3 Å². The molecule has 202 valence electrons. The maximum Gasteiger partial charge on any atom is 0.179 e. The Morgan fingerprint density at radius 3 is 2.44 bits per heavy atom. The predicted molar refractivity (Wildman–Crippen MR) is 163 cm³/mol. The summed E-state index contributed by atoms with van der Waals surface area (Å²) in [5.74, 6) is 2.40. The number of phenols is 1. The first kappa shape index (κ1) is 24.9. The summed E-state index contributed by atoms with van der Waals surface area (Å²) in [6.45, 7) is 2.00. The molecular formula is C32H25ClN6O2. The number of halogens is 1. The van der Waals surface area contributed by atoms with E-state index >= 15 is 0 Å². The van der Waals surface area contributed by atoms with Gasteiger partial charge < -0.3 is 20.1 Å². The van der Waals surface area contributed by atoms with Gasteiger partial charge in [-0.05, 0) is 73.2 Å². The standard InChI is InChI=1S/C32H25ClN6O2/c1-19-28-29(20-12-17-26(40)27(18-20)41-2)38-25-11-7-6-10-24(25)35-30(34-22-15-13-21(33)14-16-22)32(38)36-31(28)39(37-19)23-8-4-3-5-9-23/h3-18,29,40H,1-2H3,(H,34,35)/t29-/m1/s1. The van der Waals surface area contributed by atoms with Gasteiger partial charge in [0.1, 0.15) is 0 Å². The number of aliphatic imine (C=N–C) groups is 2. The molecule has 7 rings (SSSR count). The average molecular weight is 561 g/mol. The highest BCUT2D eigenvalue weighted by Gasteiger charge is 2.41. The quantitative estimate of drug-likeness (QED) is 0.240. The second kappa shape index (κ2) is 9.83. The third-order valence-electron chi connectivity index (χ3n) is 7.27. The Hall–Kier alpha value is -5.08. The van der Waals surface area contributed by atoms with E-state index in [1.54, 1.807) is 13.2 Å². The molecule has 2 N–H and O–H groups in total. The highest BCUT2D eigenvalue weighted by molar-refractivity contribution is 6.51. The van der Waals surface area contributed by atoms with Crippen molar-refractivity contribution in [1.29, 1.82) is 0 Å². The molecule has 41 heavy (non-hydrogen) atoms. The van der Waals surface area contributed by atoms with Crippen molar-refractivity contribution in [3.05, 3.63) is 119 Å². The van der Waals surface area contributed by atoms with Crippen LogP contribution >= 0.6 is 11.6 Å². The van der Waals surface area contributed by atoms with Crippen LogP contribution in [0.5, 0.6) is 11.5 Å². The van der Waals surface area contributed by atoms with Crippen LogP contribution in [-0.4, -0.2) is 33.7 Å². The first-order valence-corrected chi connectivity index (χ1v) is 13.5. The Labute approximate surface area is 241 Å². The van der Waals surface area contributed by atoms with Crippen LogP contribution in [0.4, 0.5) is 22.9 Å². The number of benzene rings is 4. The summed E-state index contributed by atoms with van der Waals surface area (Å²) in [7, 11) is 1.55. The van der Waals surface area contributed by atoms with E-state index in [1.165, 1.54) is 0 Å². The van der Waals surface area contributed by atoms with E-state index in [-0.39, 0.29) is 11.8 Å². The zero-order valence-electron chi connectivity index (χ0n) is 22.3. The van der Waals surface area contributed by atoms with Crippen LogP contribution in [0, 0.1) is 6.92 Å². The molecule has 5 aromatic rings. The van der Waals surface area contributed by atoms with Crippen LogP contribution < -0.4 is 15.0 Å². The SMILES string of the molecule is COc1cc([C@@H]2c3c(C)nn(-c4ccccc4)c3N=C3C(Nc4ccc(Cl)cc4)=Nc4ccccc4N32)ccc1O. The second-order valence-electron chi connectivity index (χ2n) is 9.79. The van der Waals surface area contributed by atoms with E-state index in [4.69, 9.17) is 31.4 Å². The van der Waals surface area contributed by atoms with Crippen LogP contribution in [0.2, 0.25) is 5.02 Å². The fourth-order valence-electron chi connectivity index (χ4n) is 5.40. The normalized spacial score (nSPS) is 15.3. The van der Waals surface area contributed by atoms with Crippen molar-refractivity contribution in [2.75, 3.05) is 17.3 Å². The monoisotopic (exact) mass is 560 g/mol. The molecule has 0 bridgehead atoms. The van der Waals surface area contributed by atoms with Crippen LogP contribution in [0.1, 0.15) is 22.9 Å². The number of aryl methyl sites for hydroxylation is 1. The van der Waals surface area contributed by atoms with Gasteiger partial charge in [0.05, 0.1) is 35.9 Å². The van der Waals surface area contributed by atoms with Crippen molar-refractivity contribution >= 4 is 46.2 Å². The molecule has 0 fully saturated rings. The molecule has 9 heteroatoms. The van der Waals surface area contributed by atoms with Crippen LogP contribution in [-0.2, 0) is 0 Å². The number of nitrogens with one attached hydrogen (secondary N) is 1. The van der Waals surface area contributed by atoms with Crippen LogP contribution in [0.15, 0.2) is 107 Å². The maximum atomic E-state index is 10.4. The minimum Gasteiger partial charge on any atom is -0.504 e.